The number of hydrogen-bond donors (Lipinski definition) is 2. The number of rotatable bonds is 1. The summed E-state index contributed by atoms with van der Waals surface area (Å²) in [6.45, 7) is 1.65. The first-order chi connectivity index (χ1) is 5.86. The van der Waals surface area contributed by atoms with Gasteiger partial charge in [0.25, 0.3) is 0 Å². The van der Waals surface area contributed by atoms with Crippen LogP contribution in [0.1, 0.15) is 11.8 Å². The maximum Gasteiger partial charge on any atom is 0.134 e. The molecule has 0 spiro atoms. The highest BCUT2D eigenvalue weighted by Gasteiger charge is 2.15. The molecule has 2 N–H and O–H groups in total. The Morgan fingerprint density at radius 2 is 2.08 bits per heavy atom. The summed E-state index contributed by atoms with van der Waals surface area (Å²) in [6, 6.07) is 7.05. The van der Waals surface area contributed by atoms with Crippen molar-refractivity contribution in [1.29, 1.82) is 0 Å². The smallest absolute Gasteiger partial charge is 0.134 e. The second-order valence-electron chi connectivity index (χ2n) is 2.80. The summed E-state index contributed by atoms with van der Waals surface area (Å²) < 4.78 is 5.39. The fourth-order valence-corrected chi connectivity index (χ4v) is 1.29. The summed E-state index contributed by atoms with van der Waals surface area (Å²) in [6.07, 6.45) is 0.00519. The molecule has 64 valence electrons. The molecule has 0 amide bonds. The number of ether oxygens (including phenoxy) is 1. The highest BCUT2D eigenvalue weighted by atomic mass is 16.5. The van der Waals surface area contributed by atoms with Crippen molar-refractivity contribution in [3.8, 4) is 5.75 Å². The van der Waals surface area contributed by atoms with Crippen molar-refractivity contribution in [3.63, 3.8) is 0 Å². The summed E-state index contributed by atoms with van der Waals surface area (Å²) in [4.78, 5) is 0. The van der Waals surface area contributed by atoms with Gasteiger partial charge in [-0.25, -0.2) is 0 Å². The maximum absolute atomic E-state index is 9.04. The van der Waals surface area contributed by atoms with Gasteiger partial charge >= 0.3 is 0 Å². The first kappa shape index (κ1) is 7.58. The minimum atomic E-state index is 0.00519. The number of nitrogens with one attached hydrogen (secondary N) is 1. The van der Waals surface area contributed by atoms with Crippen LogP contribution in [0.5, 0.6) is 5.75 Å². The van der Waals surface area contributed by atoms with Crippen LogP contribution >= 0.6 is 0 Å². The molecule has 1 saturated heterocycles. The van der Waals surface area contributed by atoms with Crippen LogP contribution in [0.15, 0.2) is 24.3 Å². The zero-order valence-electron chi connectivity index (χ0n) is 6.66. The zero-order valence-corrected chi connectivity index (χ0v) is 6.66. The fraction of sp³-hybridized carbons (Fsp3) is 0.333. The lowest BCUT2D eigenvalue weighted by molar-refractivity contribution is 0.102. The third-order valence-electron chi connectivity index (χ3n) is 1.91. The normalized spacial score (nSPS) is 22.8. The molecule has 0 aliphatic carbocycles. The molecular formula is C9H11NO2. The highest BCUT2D eigenvalue weighted by Crippen LogP contribution is 2.19. The molecule has 0 bridgehead atoms. The number of aromatic hydroxyl groups is 1. The Labute approximate surface area is 71.0 Å². The minimum absolute atomic E-state index is 0.00519. The van der Waals surface area contributed by atoms with E-state index in [0.29, 0.717) is 0 Å². The van der Waals surface area contributed by atoms with E-state index in [9.17, 15) is 0 Å². The minimum Gasteiger partial charge on any atom is -0.508 e. The topological polar surface area (TPSA) is 41.5 Å². The molecule has 1 aromatic rings. The third kappa shape index (κ3) is 1.42. The molecule has 0 saturated carbocycles. The van der Waals surface area contributed by atoms with Crippen molar-refractivity contribution in [2.45, 2.75) is 6.23 Å². The molecule has 0 radical (unpaired) electrons. The van der Waals surface area contributed by atoms with Gasteiger partial charge in [0.1, 0.15) is 12.0 Å². The van der Waals surface area contributed by atoms with Crippen LogP contribution in [0, 0.1) is 0 Å². The van der Waals surface area contributed by atoms with E-state index >= 15 is 0 Å². The standard InChI is InChI=1S/C9H11NO2/c11-8-3-1-7(2-4-8)9-10-5-6-12-9/h1-4,9-11H,5-6H2/t9-/m0/s1. The fourth-order valence-electron chi connectivity index (χ4n) is 1.29. The van der Waals surface area contributed by atoms with Crippen LogP contribution in [0.25, 0.3) is 0 Å². The molecule has 1 aliphatic rings. The molecule has 1 fully saturated rings. The molecule has 2 rings (SSSR count). The van der Waals surface area contributed by atoms with E-state index in [1.807, 2.05) is 12.1 Å². The van der Waals surface area contributed by atoms with Crippen molar-refractivity contribution in [2.24, 2.45) is 0 Å². The van der Waals surface area contributed by atoms with Gasteiger partial charge in [-0.05, 0) is 17.7 Å². The van der Waals surface area contributed by atoms with E-state index in [0.717, 1.165) is 18.7 Å². The number of phenolic OH excluding ortho intramolecular Hbond substituents is 1. The molecule has 3 heteroatoms. The van der Waals surface area contributed by atoms with E-state index in [1.165, 1.54) is 0 Å². The summed E-state index contributed by atoms with van der Waals surface area (Å²) >= 11 is 0. The lowest BCUT2D eigenvalue weighted by atomic mass is 10.2. The van der Waals surface area contributed by atoms with Gasteiger partial charge in [0.05, 0.1) is 6.61 Å². The van der Waals surface area contributed by atoms with Crippen LogP contribution < -0.4 is 5.32 Å². The lowest BCUT2D eigenvalue weighted by Crippen LogP contribution is -2.13. The van der Waals surface area contributed by atoms with Crippen molar-refractivity contribution >= 4 is 0 Å². The molecule has 12 heavy (non-hydrogen) atoms. The van der Waals surface area contributed by atoms with Crippen LogP contribution in [0.2, 0.25) is 0 Å². The molecule has 0 aromatic heterocycles. The molecular weight excluding hydrogens is 154 g/mol. The van der Waals surface area contributed by atoms with Gasteiger partial charge in [-0.15, -0.1) is 0 Å². The van der Waals surface area contributed by atoms with Crippen LogP contribution in [0.3, 0.4) is 0 Å². The van der Waals surface area contributed by atoms with E-state index < -0.39 is 0 Å². The molecule has 1 aliphatic heterocycles. The largest absolute Gasteiger partial charge is 0.508 e. The van der Waals surface area contributed by atoms with Gasteiger partial charge in [0, 0.05) is 6.54 Å². The second-order valence-corrected chi connectivity index (χ2v) is 2.80. The van der Waals surface area contributed by atoms with E-state index in [4.69, 9.17) is 9.84 Å². The Kier molecular flexibility index (Phi) is 1.98. The summed E-state index contributed by atoms with van der Waals surface area (Å²) in [5.41, 5.74) is 1.06. The Morgan fingerprint density at radius 3 is 2.67 bits per heavy atom. The summed E-state index contributed by atoms with van der Waals surface area (Å²) in [5.74, 6) is 0.289. The van der Waals surface area contributed by atoms with E-state index in [2.05, 4.69) is 5.32 Å². The van der Waals surface area contributed by atoms with Gasteiger partial charge in [-0.2, -0.15) is 0 Å². The van der Waals surface area contributed by atoms with Crippen LogP contribution in [0.4, 0.5) is 0 Å². The Balaban J connectivity index is 2.17. The average molecular weight is 165 g/mol. The molecule has 1 heterocycles. The van der Waals surface area contributed by atoms with Crippen molar-refractivity contribution in [2.75, 3.05) is 13.2 Å². The Bertz CT molecular complexity index is 252. The zero-order chi connectivity index (χ0) is 8.39. The first-order valence-electron chi connectivity index (χ1n) is 4.00. The highest BCUT2D eigenvalue weighted by molar-refractivity contribution is 5.27. The predicted molar refractivity (Wildman–Crippen MR) is 44.8 cm³/mol. The summed E-state index contributed by atoms with van der Waals surface area (Å²) in [5, 5.41) is 12.2. The van der Waals surface area contributed by atoms with Gasteiger partial charge in [0.15, 0.2) is 0 Å². The van der Waals surface area contributed by atoms with Crippen molar-refractivity contribution < 1.29 is 9.84 Å². The lowest BCUT2D eigenvalue weighted by Gasteiger charge is -2.09. The van der Waals surface area contributed by atoms with Gasteiger partial charge in [-0.1, -0.05) is 12.1 Å². The van der Waals surface area contributed by atoms with Gasteiger partial charge in [0.2, 0.25) is 0 Å². The van der Waals surface area contributed by atoms with Crippen LogP contribution in [-0.4, -0.2) is 18.3 Å². The third-order valence-corrected chi connectivity index (χ3v) is 1.91. The van der Waals surface area contributed by atoms with Crippen LogP contribution in [-0.2, 0) is 4.74 Å². The quantitative estimate of drug-likeness (QED) is 0.652. The monoisotopic (exact) mass is 165 g/mol. The molecule has 1 atom stereocenters. The first-order valence-corrected chi connectivity index (χ1v) is 4.00. The van der Waals surface area contributed by atoms with Gasteiger partial charge < -0.3 is 9.84 Å². The van der Waals surface area contributed by atoms with Crippen molar-refractivity contribution in [1.82, 2.24) is 5.32 Å². The van der Waals surface area contributed by atoms with Gasteiger partial charge in [-0.3, -0.25) is 5.32 Å². The number of benzene rings is 1. The molecule has 3 nitrogen and oxygen atoms in total. The van der Waals surface area contributed by atoms with E-state index in [1.54, 1.807) is 12.1 Å². The molecule has 0 unspecified atom stereocenters. The predicted octanol–water partition coefficient (Wildman–Crippen LogP) is 1.01. The summed E-state index contributed by atoms with van der Waals surface area (Å²) in [7, 11) is 0. The Morgan fingerprint density at radius 1 is 1.33 bits per heavy atom. The number of phenols is 1. The molecule has 1 aromatic carbocycles. The Hall–Kier alpha value is -1.06. The second kappa shape index (κ2) is 3.13. The maximum atomic E-state index is 9.04. The SMILES string of the molecule is Oc1ccc([C@H]2NCCO2)cc1. The van der Waals surface area contributed by atoms with Crippen molar-refractivity contribution in [3.05, 3.63) is 29.8 Å². The number of hydrogen-bond acceptors (Lipinski definition) is 3. The van der Waals surface area contributed by atoms with E-state index in [-0.39, 0.29) is 12.0 Å². The average Bonchev–Trinajstić information content (AvgIpc) is 2.58.